The summed E-state index contributed by atoms with van der Waals surface area (Å²) in [6, 6.07) is 12.7. The molecule has 0 aliphatic heterocycles. The van der Waals surface area contributed by atoms with Crippen LogP contribution < -0.4 is 4.74 Å². The first-order valence-electron chi connectivity index (χ1n) is 5.55. The number of nitriles is 1. The SMILES string of the molecule is COc1cccc(O)c1-c1c(C)cccc1C#N. The van der Waals surface area contributed by atoms with E-state index in [9.17, 15) is 10.4 Å². The van der Waals surface area contributed by atoms with Gasteiger partial charge in [0.15, 0.2) is 0 Å². The van der Waals surface area contributed by atoms with Gasteiger partial charge in [-0.25, -0.2) is 0 Å². The minimum Gasteiger partial charge on any atom is -0.507 e. The number of rotatable bonds is 2. The maximum Gasteiger partial charge on any atom is 0.130 e. The van der Waals surface area contributed by atoms with Crippen LogP contribution in [0.2, 0.25) is 0 Å². The zero-order valence-corrected chi connectivity index (χ0v) is 10.3. The van der Waals surface area contributed by atoms with Crippen molar-refractivity contribution >= 4 is 0 Å². The molecule has 18 heavy (non-hydrogen) atoms. The highest BCUT2D eigenvalue weighted by molar-refractivity contribution is 5.82. The third-order valence-electron chi connectivity index (χ3n) is 2.87. The lowest BCUT2D eigenvalue weighted by molar-refractivity contribution is 0.410. The van der Waals surface area contributed by atoms with Crippen LogP contribution in [-0.2, 0) is 0 Å². The monoisotopic (exact) mass is 239 g/mol. The lowest BCUT2D eigenvalue weighted by Gasteiger charge is -2.14. The molecule has 0 amide bonds. The van der Waals surface area contributed by atoms with Crippen LogP contribution in [0.5, 0.6) is 11.5 Å². The van der Waals surface area contributed by atoms with Crippen molar-refractivity contribution in [3.8, 4) is 28.7 Å². The summed E-state index contributed by atoms with van der Waals surface area (Å²) in [6.07, 6.45) is 0. The van der Waals surface area contributed by atoms with Gasteiger partial charge in [0.1, 0.15) is 11.5 Å². The fraction of sp³-hybridized carbons (Fsp3) is 0.133. The lowest BCUT2D eigenvalue weighted by atomic mass is 9.94. The highest BCUT2D eigenvalue weighted by atomic mass is 16.5. The summed E-state index contributed by atoms with van der Waals surface area (Å²) in [5.74, 6) is 0.668. The molecule has 0 atom stereocenters. The summed E-state index contributed by atoms with van der Waals surface area (Å²) in [5, 5.41) is 19.2. The molecule has 2 rings (SSSR count). The summed E-state index contributed by atoms with van der Waals surface area (Å²) in [6.45, 7) is 1.90. The zero-order chi connectivity index (χ0) is 13.1. The fourth-order valence-corrected chi connectivity index (χ4v) is 2.03. The minimum atomic E-state index is 0.111. The molecule has 3 heteroatoms. The molecule has 2 aromatic rings. The van der Waals surface area contributed by atoms with Crippen molar-refractivity contribution in [1.82, 2.24) is 0 Å². The third-order valence-corrected chi connectivity index (χ3v) is 2.87. The van der Waals surface area contributed by atoms with Gasteiger partial charge in [-0.1, -0.05) is 18.2 Å². The second-order valence-electron chi connectivity index (χ2n) is 3.96. The Kier molecular flexibility index (Phi) is 3.20. The highest BCUT2D eigenvalue weighted by Gasteiger charge is 2.16. The van der Waals surface area contributed by atoms with Crippen molar-refractivity contribution in [2.45, 2.75) is 6.92 Å². The second kappa shape index (κ2) is 4.80. The average Bonchev–Trinajstić information content (AvgIpc) is 2.38. The average molecular weight is 239 g/mol. The molecule has 0 bridgehead atoms. The van der Waals surface area contributed by atoms with Gasteiger partial charge in [0, 0.05) is 5.56 Å². The predicted molar refractivity (Wildman–Crippen MR) is 69.5 cm³/mol. The highest BCUT2D eigenvalue weighted by Crippen LogP contribution is 2.40. The van der Waals surface area contributed by atoms with Crippen molar-refractivity contribution in [2.75, 3.05) is 7.11 Å². The molecule has 0 radical (unpaired) electrons. The number of methoxy groups -OCH3 is 1. The van der Waals surface area contributed by atoms with Crippen LogP contribution in [0.4, 0.5) is 0 Å². The number of phenols is 1. The largest absolute Gasteiger partial charge is 0.507 e. The molecule has 0 spiro atoms. The van der Waals surface area contributed by atoms with E-state index in [0.717, 1.165) is 11.1 Å². The Labute approximate surface area is 106 Å². The summed E-state index contributed by atoms with van der Waals surface area (Å²) >= 11 is 0. The number of aromatic hydroxyl groups is 1. The topological polar surface area (TPSA) is 53.2 Å². The van der Waals surface area contributed by atoms with Gasteiger partial charge < -0.3 is 9.84 Å². The van der Waals surface area contributed by atoms with E-state index in [2.05, 4.69) is 6.07 Å². The Morgan fingerprint density at radius 2 is 1.83 bits per heavy atom. The minimum absolute atomic E-state index is 0.111. The molecule has 90 valence electrons. The molecule has 2 aromatic carbocycles. The van der Waals surface area contributed by atoms with E-state index in [1.54, 1.807) is 31.4 Å². The van der Waals surface area contributed by atoms with Gasteiger partial charge in [-0.15, -0.1) is 0 Å². The molecule has 0 unspecified atom stereocenters. The van der Waals surface area contributed by atoms with Gasteiger partial charge in [-0.3, -0.25) is 0 Å². The first kappa shape index (κ1) is 12.0. The van der Waals surface area contributed by atoms with Gasteiger partial charge >= 0.3 is 0 Å². The van der Waals surface area contributed by atoms with Crippen LogP contribution in [0, 0.1) is 18.3 Å². The molecule has 0 aliphatic carbocycles. The van der Waals surface area contributed by atoms with Crippen molar-refractivity contribution < 1.29 is 9.84 Å². The molecule has 3 nitrogen and oxygen atoms in total. The van der Waals surface area contributed by atoms with Gasteiger partial charge in [0.25, 0.3) is 0 Å². The predicted octanol–water partition coefficient (Wildman–Crippen LogP) is 3.25. The van der Waals surface area contributed by atoms with Crippen LogP contribution >= 0.6 is 0 Å². The van der Waals surface area contributed by atoms with Crippen molar-refractivity contribution in [3.05, 3.63) is 47.5 Å². The zero-order valence-electron chi connectivity index (χ0n) is 10.3. The third kappa shape index (κ3) is 1.89. The maximum atomic E-state index is 10.0. The number of benzene rings is 2. The van der Waals surface area contributed by atoms with Gasteiger partial charge in [0.2, 0.25) is 0 Å². The molecule has 0 saturated carbocycles. The summed E-state index contributed by atoms with van der Waals surface area (Å²) in [5.41, 5.74) is 2.73. The molecular weight excluding hydrogens is 226 g/mol. The van der Waals surface area contributed by atoms with Crippen LogP contribution in [0.25, 0.3) is 11.1 Å². The molecular formula is C15H13NO2. The molecule has 0 fully saturated rings. The second-order valence-corrected chi connectivity index (χ2v) is 3.96. The number of hydrogen-bond donors (Lipinski definition) is 1. The number of ether oxygens (including phenoxy) is 1. The standard InChI is InChI=1S/C15H13NO2/c1-10-5-3-6-11(9-16)14(10)15-12(17)7-4-8-13(15)18-2/h3-8,17H,1-2H3. The van der Waals surface area contributed by atoms with E-state index in [-0.39, 0.29) is 5.75 Å². The Morgan fingerprint density at radius 1 is 1.11 bits per heavy atom. The first-order valence-corrected chi connectivity index (χ1v) is 5.55. The van der Waals surface area contributed by atoms with Crippen LogP contribution in [0.15, 0.2) is 36.4 Å². The van der Waals surface area contributed by atoms with Crippen LogP contribution in [-0.4, -0.2) is 12.2 Å². The Morgan fingerprint density at radius 3 is 2.50 bits per heavy atom. The summed E-state index contributed by atoms with van der Waals surface area (Å²) in [7, 11) is 1.54. The normalized spacial score (nSPS) is 9.83. The Bertz CT molecular complexity index is 627. The van der Waals surface area contributed by atoms with Gasteiger partial charge in [-0.05, 0) is 30.7 Å². The molecule has 0 heterocycles. The van der Waals surface area contributed by atoms with E-state index in [1.165, 1.54) is 0 Å². The van der Waals surface area contributed by atoms with Crippen molar-refractivity contribution in [1.29, 1.82) is 5.26 Å². The number of phenolic OH excluding ortho intramolecular Hbond substituents is 1. The summed E-state index contributed by atoms with van der Waals surface area (Å²) in [4.78, 5) is 0. The van der Waals surface area contributed by atoms with Crippen molar-refractivity contribution in [3.63, 3.8) is 0 Å². The number of nitrogens with zero attached hydrogens (tertiary/aromatic N) is 1. The van der Waals surface area contributed by atoms with E-state index < -0.39 is 0 Å². The van der Waals surface area contributed by atoms with Crippen LogP contribution in [0.3, 0.4) is 0 Å². The molecule has 1 N–H and O–H groups in total. The molecule has 0 saturated heterocycles. The quantitative estimate of drug-likeness (QED) is 0.875. The molecule has 0 aliphatic rings. The van der Waals surface area contributed by atoms with E-state index in [0.29, 0.717) is 16.9 Å². The van der Waals surface area contributed by atoms with E-state index in [1.807, 2.05) is 19.1 Å². The summed E-state index contributed by atoms with van der Waals surface area (Å²) < 4.78 is 5.27. The Hall–Kier alpha value is -2.47. The van der Waals surface area contributed by atoms with Crippen LogP contribution in [0.1, 0.15) is 11.1 Å². The van der Waals surface area contributed by atoms with Gasteiger partial charge in [-0.2, -0.15) is 5.26 Å². The smallest absolute Gasteiger partial charge is 0.130 e. The van der Waals surface area contributed by atoms with E-state index >= 15 is 0 Å². The molecule has 0 aromatic heterocycles. The first-order chi connectivity index (χ1) is 8.69. The number of aryl methyl sites for hydroxylation is 1. The fourth-order valence-electron chi connectivity index (χ4n) is 2.03. The van der Waals surface area contributed by atoms with E-state index in [4.69, 9.17) is 4.74 Å². The lowest BCUT2D eigenvalue weighted by Crippen LogP contribution is -1.93. The van der Waals surface area contributed by atoms with Crippen molar-refractivity contribution in [2.24, 2.45) is 0 Å². The van der Waals surface area contributed by atoms with Gasteiger partial charge in [0.05, 0.1) is 24.3 Å². The Balaban J connectivity index is 2.82. The maximum absolute atomic E-state index is 10.0. The number of hydrogen-bond acceptors (Lipinski definition) is 3.